The van der Waals surface area contributed by atoms with E-state index in [4.69, 9.17) is 21.1 Å². The highest BCUT2D eigenvalue weighted by Crippen LogP contribution is 2.40. The number of carbonyl (C=O) groups excluding carboxylic acids is 3. The number of halogens is 2. The van der Waals surface area contributed by atoms with E-state index in [0.717, 1.165) is 3.79 Å². The summed E-state index contributed by atoms with van der Waals surface area (Å²) in [5, 5.41) is 3.12. The maximum atomic E-state index is 12.2. The van der Waals surface area contributed by atoms with E-state index in [0.29, 0.717) is 9.90 Å². The molecule has 0 saturated heterocycles. The molecule has 1 rings (SSSR count). The highest BCUT2D eigenvalue weighted by molar-refractivity contribution is 9.11. The minimum Gasteiger partial charge on any atom is -0.466 e. The number of thiophene rings is 1. The Bertz CT molecular complexity index is 621. The van der Waals surface area contributed by atoms with E-state index >= 15 is 0 Å². The van der Waals surface area contributed by atoms with Gasteiger partial charge in [0.2, 0.25) is 5.91 Å². The average molecular weight is 441 g/mol. The van der Waals surface area contributed by atoms with Crippen LogP contribution >= 0.6 is 38.9 Å². The lowest BCUT2D eigenvalue weighted by atomic mass is 9.95. The molecule has 0 radical (unpaired) electrons. The number of carbonyl (C=O) groups is 3. The molecule has 0 aliphatic carbocycles. The third-order valence-electron chi connectivity index (χ3n) is 2.99. The molecule has 0 aromatic carbocycles. The van der Waals surface area contributed by atoms with Crippen molar-refractivity contribution in [2.24, 2.45) is 0 Å². The van der Waals surface area contributed by atoms with Gasteiger partial charge in [-0.1, -0.05) is 11.6 Å². The summed E-state index contributed by atoms with van der Waals surface area (Å²) in [5.41, 5.74) is -1.09. The molecule has 24 heavy (non-hydrogen) atoms. The molecule has 1 amide bonds. The first-order chi connectivity index (χ1) is 11.2. The third kappa shape index (κ3) is 6.07. The Hall–Kier alpha value is -1.12. The van der Waals surface area contributed by atoms with Gasteiger partial charge in [-0.05, 0) is 42.8 Å². The van der Waals surface area contributed by atoms with Crippen molar-refractivity contribution in [1.82, 2.24) is 5.32 Å². The van der Waals surface area contributed by atoms with Gasteiger partial charge in [0.15, 0.2) is 0 Å². The second kappa shape index (κ2) is 9.39. The second-order valence-corrected chi connectivity index (χ2v) is 7.91. The Labute approximate surface area is 158 Å². The van der Waals surface area contributed by atoms with Crippen molar-refractivity contribution in [2.75, 3.05) is 13.2 Å². The molecular formula is C15H19BrClNO5S. The molecule has 134 valence electrons. The van der Waals surface area contributed by atoms with Crippen molar-refractivity contribution in [2.45, 2.75) is 39.2 Å². The van der Waals surface area contributed by atoms with Gasteiger partial charge in [0.25, 0.3) is 0 Å². The number of hydrogen-bond acceptors (Lipinski definition) is 6. The smallest absolute Gasteiger partial charge is 0.315 e. The molecule has 0 spiro atoms. The van der Waals surface area contributed by atoms with Crippen molar-refractivity contribution in [1.29, 1.82) is 0 Å². The van der Waals surface area contributed by atoms with Crippen LogP contribution in [0, 0.1) is 0 Å². The summed E-state index contributed by atoms with van der Waals surface area (Å²) in [6.45, 7) is 5.44. The molecule has 6 nitrogen and oxygen atoms in total. The standard InChI is InChI=1S/C15H19BrClNO5S/c1-4-22-12(20)7-11(19)18-15(3,8-13(21)23-5-2)14-9(17)6-10(16)24-14/h6H,4-5,7-8H2,1-3H3,(H,18,19). The number of hydrogen-bond donors (Lipinski definition) is 1. The second-order valence-electron chi connectivity index (χ2n) is 5.07. The van der Waals surface area contributed by atoms with E-state index in [-0.39, 0.29) is 19.6 Å². The number of rotatable bonds is 8. The van der Waals surface area contributed by atoms with Gasteiger partial charge in [0, 0.05) is 0 Å². The Kier molecular flexibility index (Phi) is 8.18. The van der Waals surface area contributed by atoms with E-state index in [1.54, 1.807) is 26.8 Å². The van der Waals surface area contributed by atoms with E-state index < -0.39 is 29.8 Å². The largest absolute Gasteiger partial charge is 0.466 e. The molecule has 1 heterocycles. The van der Waals surface area contributed by atoms with Crippen molar-refractivity contribution in [3.63, 3.8) is 0 Å². The molecule has 0 aliphatic rings. The summed E-state index contributed by atoms with van der Waals surface area (Å²) >= 11 is 10.8. The molecule has 9 heteroatoms. The molecule has 0 bridgehead atoms. The summed E-state index contributed by atoms with van der Waals surface area (Å²) in [7, 11) is 0. The van der Waals surface area contributed by atoms with Crippen LogP contribution in [-0.4, -0.2) is 31.1 Å². The van der Waals surface area contributed by atoms with Gasteiger partial charge < -0.3 is 14.8 Å². The lowest BCUT2D eigenvalue weighted by Crippen LogP contribution is -2.45. The summed E-state index contributed by atoms with van der Waals surface area (Å²) in [4.78, 5) is 36.2. The fraction of sp³-hybridized carbons (Fsp3) is 0.533. The van der Waals surface area contributed by atoms with Crippen LogP contribution in [0.2, 0.25) is 5.02 Å². The molecular weight excluding hydrogens is 422 g/mol. The molecule has 1 unspecified atom stereocenters. The molecule has 0 saturated carbocycles. The minimum absolute atomic E-state index is 0.109. The van der Waals surface area contributed by atoms with Gasteiger partial charge in [-0.2, -0.15) is 0 Å². The first-order valence-corrected chi connectivity index (χ1v) is 9.28. The molecule has 1 N–H and O–H groups in total. The van der Waals surface area contributed by atoms with Crippen LogP contribution in [0.25, 0.3) is 0 Å². The van der Waals surface area contributed by atoms with E-state index in [1.807, 2.05) is 0 Å². The highest BCUT2D eigenvalue weighted by Gasteiger charge is 2.36. The lowest BCUT2D eigenvalue weighted by Gasteiger charge is -2.29. The van der Waals surface area contributed by atoms with E-state index in [9.17, 15) is 14.4 Å². The van der Waals surface area contributed by atoms with Gasteiger partial charge in [-0.25, -0.2) is 0 Å². The zero-order valence-electron chi connectivity index (χ0n) is 13.6. The van der Waals surface area contributed by atoms with Crippen molar-refractivity contribution in [3.8, 4) is 0 Å². The SMILES string of the molecule is CCOC(=O)CC(=O)NC(C)(CC(=O)OCC)c1sc(Br)cc1Cl. The van der Waals surface area contributed by atoms with Crippen molar-refractivity contribution < 1.29 is 23.9 Å². The molecule has 1 aromatic rings. The van der Waals surface area contributed by atoms with Crippen LogP contribution in [-0.2, 0) is 29.4 Å². The highest BCUT2D eigenvalue weighted by atomic mass is 79.9. The van der Waals surface area contributed by atoms with E-state index in [1.165, 1.54) is 11.3 Å². The topological polar surface area (TPSA) is 81.7 Å². The third-order valence-corrected chi connectivity index (χ3v) is 5.30. The lowest BCUT2D eigenvalue weighted by molar-refractivity contribution is -0.146. The van der Waals surface area contributed by atoms with E-state index in [2.05, 4.69) is 21.2 Å². The summed E-state index contributed by atoms with van der Waals surface area (Å²) in [5.74, 6) is -1.66. The maximum absolute atomic E-state index is 12.2. The Morgan fingerprint density at radius 3 is 2.33 bits per heavy atom. The predicted molar refractivity (Wildman–Crippen MR) is 95.0 cm³/mol. The van der Waals surface area contributed by atoms with Crippen LogP contribution in [0.5, 0.6) is 0 Å². The molecule has 1 atom stereocenters. The first-order valence-electron chi connectivity index (χ1n) is 7.29. The Morgan fingerprint density at radius 1 is 1.25 bits per heavy atom. The zero-order chi connectivity index (χ0) is 18.3. The van der Waals surface area contributed by atoms with Crippen LogP contribution in [0.4, 0.5) is 0 Å². The average Bonchev–Trinajstić information content (AvgIpc) is 2.78. The Balaban J connectivity index is 3.01. The van der Waals surface area contributed by atoms with Crippen molar-refractivity contribution in [3.05, 3.63) is 19.8 Å². The number of ether oxygens (including phenoxy) is 2. The van der Waals surface area contributed by atoms with Gasteiger partial charge in [0.05, 0.1) is 38.9 Å². The van der Waals surface area contributed by atoms with Crippen LogP contribution < -0.4 is 5.32 Å². The minimum atomic E-state index is -1.09. The van der Waals surface area contributed by atoms with Crippen LogP contribution in [0.3, 0.4) is 0 Å². The number of amides is 1. The summed E-state index contributed by atoms with van der Waals surface area (Å²) in [6, 6.07) is 1.68. The van der Waals surface area contributed by atoms with Gasteiger partial charge in [0.1, 0.15) is 6.42 Å². The fourth-order valence-electron chi connectivity index (χ4n) is 2.09. The molecule has 1 aromatic heterocycles. The maximum Gasteiger partial charge on any atom is 0.315 e. The van der Waals surface area contributed by atoms with Crippen LogP contribution in [0.15, 0.2) is 9.85 Å². The molecule has 0 fully saturated rings. The fourth-order valence-corrected chi connectivity index (χ4v) is 4.32. The van der Waals surface area contributed by atoms with Gasteiger partial charge >= 0.3 is 11.9 Å². The Morgan fingerprint density at radius 2 is 1.83 bits per heavy atom. The van der Waals surface area contributed by atoms with Gasteiger partial charge in [-0.3, -0.25) is 14.4 Å². The number of nitrogens with one attached hydrogen (secondary N) is 1. The normalized spacial score (nSPS) is 13.0. The van der Waals surface area contributed by atoms with Crippen molar-refractivity contribution >= 4 is 56.7 Å². The molecule has 0 aliphatic heterocycles. The van der Waals surface area contributed by atoms with Crippen LogP contribution in [0.1, 0.15) is 38.5 Å². The monoisotopic (exact) mass is 439 g/mol. The summed E-state index contributed by atoms with van der Waals surface area (Å²) < 4.78 is 10.5. The zero-order valence-corrected chi connectivity index (χ0v) is 16.8. The van der Waals surface area contributed by atoms with Gasteiger partial charge in [-0.15, -0.1) is 11.3 Å². The first kappa shape index (κ1) is 20.9. The summed E-state index contributed by atoms with van der Waals surface area (Å²) in [6.07, 6.45) is -0.543. The predicted octanol–water partition coefficient (Wildman–Crippen LogP) is 3.40. The quantitative estimate of drug-likeness (QED) is 0.495. The number of esters is 2.